The number of primary amides is 1. The first-order valence-electron chi connectivity index (χ1n) is 14.9. The highest BCUT2D eigenvalue weighted by molar-refractivity contribution is 6.24. The Morgan fingerprint density at radius 3 is 2.47 bits per heavy atom. The number of benzene rings is 2. The number of ether oxygens (including phenoxy) is 2. The molecule has 1 saturated heterocycles. The standard InChI is InChI=1S/C33H37N3O9/c1-35(2)27-21-14-17-13-20-18(19-12-16(4-7-23(19)44-3)15-36-8-10-45-11-9-36)5-6-22(37)25(20)28(38)24(17)30(40)33(21,43)31(41)26(29(27)39)32(34)42/h4-7,12,17,21,27,37-38,41,43H,8-11,13-15H2,1-3H3,(H2,34,42)/t17-,21+,27-,33-/m0/s1. The first kappa shape index (κ1) is 30.8. The second kappa shape index (κ2) is 11.3. The number of aliphatic hydroxyl groups is 3. The summed E-state index contributed by atoms with van der Waals surface area (Å²) in [6.07, 6.45) is 0.185. The molecular formula is C33H37N3O9. The van der Waals surface area contributed by atoms with Crippen molar-refractivity contribution in [1.82, 2.24) is 9.80 Å². The number of carbonyl (C=O) groups is 3. The van der Waals surface area contributed by atoms with Crippen molar-refractivity contribution in [1.29, 1.82) is 0 Å². The summed E-state index contributed by atoms with van der Waals surface area (Å²) >= 11 is 0. The fraction of sp³-hybridized carbons (Fsp3) is 0.424. The van der Waals surface area contributed by atoms with E-state index in [1.54, 1.807) is 27.3 Å². The lowest BCUT2D eigenvalue weighted by molar-refractivity contribution is -0.153. The van der Waals surface area contributed by atoms with E-state index in [-0.39, 0.29) is 29.7 Å². The van der Waals surface area contributed by atoms with Crippen LogP contribution in [0.1, 0.15) is 23.1 Å². The molecule has 238 valence electrons. The summed E-state index contributed by atoms with van der Waals surface area (Å²) in [5, 5.41) is 45.5. The number of phenols is 1. The van der Waals surface area contributed by atoms with E-state index < -0.39 is 58.0 Å². The lowest BCUT2D eigenvalue weighted by Gasteiger charge is -2.50. The maximum Gasteiger partial charge on any atom is 0.255 e. The number of likely N-dealkylation sites (N-methyl/N-ethyl adjacent to an activating group) is 1. The first-order chi connectivity index (χ1) is 21.4. The summed E-state index contributed by atoms with van der Waals surface area (Å²) in [6.45, 7) is 3.63. The Morgan fingerprint density at radius 2 is 1.82 bits per heavy atom. The minimum atomic E-state index is -2.69. The van der Waals surface area contributed by atoms with Gasteiger partial charge in [0.1, 0.15) is 28.6 Å². The van der Waals surface area contributed by atoms with Crippen molar-refractivity contribution in [3.05, 3.63) is 63.9 Å². The van der Waals surface area contributed by atoms with Crippen LogP contribution in [-0.2, 0) is 32.1 Å². The monoisotopic (exact) mass is 619 g/mol. The number of aliphatic hydroxyl groups excluding tert-OH is 2. The molecule has 1 heterocycles. The molecule has 12 nitrogen and oxygen atoms in total. The fourth-order valence-electron chi connectivity index (χ4n) is 7.58. The van der Waals surface area contributed by atoms with Crippen LogP contribution < -0.4 is 10.5 Å². The van der Waals surface area contributed by atoms with Crippen molar-refractivity contribution >= 4 is 23.2 Å². The number of hydrogen-bond donors (Lipinski definition) is 5. The number of ketones is 2. The summed E-state index contributed by atoms with van der Waals surface area (Å²) < 4.78 is 11.2. The predicted octanol–water partition coefficient (Wildman–Crippen LogP) is 1.47. The van der Waals surface area contributed by atoms with E-state index in [2.05, 4.69) is 4.90 Å². The maximum atomic E-state index is 14.1. The molecule has 12 heteroatoms. The highest BCUT2D eigenvalue weighted by Crippen LogP contribution is 2.54. The van der Waals surface area contributed by atoms with Crippen LogP contribution in [0.4, 0.5) is 0 Å². The SMILES string of the molecule is COc1ccc(CN2CCOCC2)cc1-c1ccc(O)c2c1C[C@H]1C[C@@H]3[C@H](N(C)C)C(=O)C(C(N)=O)=C(O)[C@@]3(O)C(=O)C1=C2O. The van der Waals surface area contributed by atoms with Gasteiger partial charge in [-0.15, -0.1) is 0 Å². The molecule has 6 rings (SSSR count). The molecule has 0 unspecified atom stereocenters. The van der Waals surface area contributed by atoms with E-state index in [1.165, 1.54) is 11.0 Å². The average Bonchev–Trinajstić information content (AvgIpc) is 2.99. The zero-order valence-corrected chi connectivity index (χ0v) is 25.4. The number of carbonyl (C=O) groups excluding carboxylic acids is 3. The van der Waals surface area contributed by atoms with Crippen LogP contribution in [0.5, 0.6) is 11.5 Å². The van der Waals surface area contributed by atoms with Gasteiger partial charge in [0.25, 0.3) is 5.91 Å². The summed E-state index contributed by atoms with van der Waals surface area (Å²) in [7, 11) is 4.70. The molecule has 6 N–H and O–H groups in total. The van der Waals surface area contributed by atoms with Crippen LogP contribution in [0.3, 0.4) is 0 Å². The number of methoxy groups -OCH3 is 1. The quantitative estimate of drug-likeness (QED) is 0.295. The molecule has 45 heavy (non-hydrogen) atoms. The molecule has 2 fully saturated rings. The Hall–Kier alpha value is -4.23. The van der Waals surface area contributed by atoms with E-state index in [9.17, 15) is 34.8 Å². The highest BCUT2D eigenvalue weighted by Gasteiger charge is 2.64. The first-order valence-corrected chi connectivity index (χ1v) is 14.9. The number of rotatable bonds is 6. The zero-order valence-electron chi connectivity index (χ0n) is 25.4. The molecule has 3 aliphatic carbocycles. The lowest BCUT2D eigenvalue weighted by atomic mass is 9.57. The van der Waals surface area contributed by atoms with Crippen molar-refractivity contribution in [2.45, 2.75) is 31.0 Å². The molecule has 1 aliphatic heterocycles. The Kier molecular flexibility index (Phi) is 7.72. The number of phenolic OH excluding ortho intramolecular Hbond substituents is 1. The van der Waals surface area contributed by atoms with Gasteiger partial charge in [0.15, 0.2) is 11.4 Å². The van der Waals surface area contributed by atoms with Crippen LogP contribution in [-0.4, -0.2) is 107 Å². The number of fused-ring (bicyclic) bond motifs is 3. The molecule has 0 bridgehead atoms. The van der Waals surface area contributed by atoms with E-state index in [4.69, 9.17) is 15.2 Å². The van der Waals surface area contributed by atoms with Crippen molar-refractivity contribution in [2.75, 3.05) is 47.5 Å². The highest BCUT2D eigenvalue weighted by atomic mass is 16.5. The Morgan fingerprint density at radius 1 is 1.11 bits per heavy atom. The Labute approximate surface area is 259 Å². The van der Waals surface area contributed by atoms with Gasteiger partial charge in [-0.3, -0.25) is 24.2 Å². The summed E-state index contributed by atoms with van der Waals surface area (Å²) in [4.78, 5) is 43.5. The van der Waals surface area contributed by atoms with E-state index in [0.29, 0.717) is 36.6 Å². The number of morpholine rings is 1. The zero-order chi connectivity index (χ0) is 32.4. The van der Waals surface area contributed by atoms with Crippen LogP contribution in [0.25, 0.3) is 16.9 Å². The molecule has 0 radical (unpaired) electrons. The number of nitrogens with zero attached hydrogens (tertiary/aromatic N) is 2. The summed E-state index contributed by atoms with van der Waals surface area (Å²) in [6, 6.07) is 7.89. The molecule has 4 aliphatic rings. The van der Waals surface area contributed by atoms with Gasteiger partial charge in [-0.1, -0.05) is 12.1 Å². The van der Waals surface area contributed by atoms with Crippen molar-refractivity contribution in [3.63, 3.8) is 0 Å². The summed E-state index contributed by atoms with van der Waals surface area (Å²) in [5.41, 5.74) is 4.74. The molecule has 2 aromatic rings. The topological polar surface area (TPSA) is 183 Å². The summed E-state index contributed by atoms with van der Waals surface area (Å²) in [5.74, 6) is -6.28. The van der Waals surface area contributed by atoms with Crippen LogP contribution in [0, 0.1) is 11.8 Å². The third-order valence-electron chi connectivity index (χ3n) is 9.67. The third-order valence-corrected chi connectivity index (χ3v) is 9.67. The normalized spacial score (nSPS) is 26.9. The number of nitrogens with two attached hydrogens (primary N) is 1. The third kappa shape index (κ3) is 4.71. The van der Waals surface area contributed by atoms with Gasteiger partial charge in [0.05, 0.1) is 31.9 Å². The van der Waals surface area contributed by atoms with E-state index >= 15 is 0 Å². The Bertz CT molecular complexity index is 1670. The fourth-order valence-corrected chi connectivity index (χ4v) is 7.58. The number of aromatic hydroxyl groups is 1. The number of hydrogen-bond acceptors (Lipinski definition) is 11. The maximum absolute atomic E-state index is 14.1. The molecule has 0 aromatic heterocycles. The van der Waals surface area contributed by atoms with Crippen LogP contribution in [0.15, 0.2) is 47.2 Å². The minimum absolute atomic E-state index is 0.00899. The van der Waals surface area contributed by atoms with Gasteiger partial charge in [-0.05, 0) is 67.7 Å². The van der Waals surface area contributed by atoms with Crippen molar-refractivity contribution in [3.8, 4) is 22.6 Å². The molecule has 1 saturated carbocycles. The number of Topliss-reactive ketones (excluding diaryl/α,β-unsaturated/α-hetero) is 2. The molecular weight excluding hydrogens is 582 g/mol. The van der Waals surface area contributed by atoms with Gasteiger partial charge >= 0.3 is 0 Å². The van der Waals surface area contributed by atoms with Crippen LogP contribution in [0.2, 0.25) is 0 Å². The molecule has 1 amide bonds. The predicted molar refractivity (Wildman–Crippen MR) is 162 cm³/mol. The van der Waals surface area contributed by atoms with Crippen LogP contribution >= 0.6 is 0 Å². The second-order valence-corrected chi connectivity index (χ2v) is 12.4. The lowest BCUT2D eigenvalue weighted by Crippen LogP contribution is -2.65. The van der Waals surface area contributed by atoms with E-state index in [0.717, 1.165) is 24.2 Å². The smallest absolute Gasteiger partial charge is 0.255 e. The number of amides is 1. The van der Waals surface area contributed by atoms with Gasteiger partial charge in [-0.2, -0.15) is 0 Å². The van der Waals surface area contributed by atoms with Crippen molar-refractivity contribution < 1.29 is 44.3 Å². The van der Waals surface area contributed by atoms with Gasteiger partial charge in [-0.25, -0.2) is 0 Å². The Balaban J connectivity index is 1.49. The van der Waals surface area contributed by atoms with E-state index in [1.807, 2.05) is 18.2 Å². The second-order valence-electron chi connectivity index (χ2n) is 12.4. The molecule has 4 atom stereocenters. The average molecular weight is 620 g/mol. The van der Waals surface area contributed by atoms with Gasteiger partial charge < -0.3 is 35.6 Å². The van der Waals surface area contributed by atoms with Crippen molar-refractivity contribution in [2.24, 2.45) is 17.6 Å². The van der Waals surface area contributed by atoms with Gasteiger partial charge in [0.2, 0.25) is 5.78 Å². The van der Waals surface area contributed by atoms with Gasteiger partial charge in [0, 0.05) is 36.7 Å². The molecule has 2 aromatic carbocycles. The largest absolute Gasteiger partial charge is 0.508 e. The molecule has 0 spiro atoms. The minimum Gasteiger partial charge on any atom is -0.508 e.